The molecule has 2 aromatic rings. The first-order valence-corrected chi connectivity index (χ1v) is 8.35. The molecule has 0 aromatic heterocycles. The van der Waals surface area contributed by atoms with Crippen LogP contribution in [0, 0.1) is 17.0 Å². The summed E-state index contributed by atoms with van der Waals surface area (Å²) < 4.78 is 10.4. The number of aryl methyl sites for hydroxylation is 1. The molecule has 2 N–H and O–H groups in total. The molecule has 142 valence electrons. The van der Waals surface area contributed by atoms with Crippen LogP contribution in [0.1, 0.15) is 18.1 Å². The van der Waals surface area contributed by atoms with Crippen molar-refractivity contribution in [2.24, 2.45) is 5.10 Å². The number of ether oxygens (including phenoxy) is 2. The maximum atomic E-state index is 11.1. The van der Waals surface area contributed by atoms with Crippen LogP contribution in [0.3, 0.4) is 0 Å². The van der Waals surface area contributed by atoms with Crippen molar-refractivity contribution in [3.8, 4) is 11.5 Å². The van der Waals surface area contributed by atoms with Gasteiger partial charge in [-0.05, 0) is 38.2 Å². The molecule has 0 atom stereocenters. The Morgan fingerprint density at radius 3 is 2.48 bits per heavy atom. The Morgan fingerprint density at radius 2 is 1.85 bits per heavy atom. The van der Waals surface area contributed by atoms with E-state index in [4.69, 9.17) is 21.7 Å². The van der Waals surface area contributed by atoms with Crippen molar-refractivity contribution in [2.75, 3.05) is 19.5 Å². The molecule has 0 heterocycles. The average Bonchev–Trinajstić information content (AvgIpc) is 2.66. The second-order valence-corrected chi connectivity index (χ2v) is 6.00. The van der Waals surface area contributed by atoms with Crippen LogP contribution in [-0.4, -0.2) is 30.0 Å². The summed E-state index contributed by atoms with van der Waals surface area (Å²) in [5, 5.41) is 18.5. The van der Waals surface area contributed by atoms with Gasteiger partial charge in [-0.15, -0.1) is 0 Å². The highest BCUT2D eigenvalue weighted by molar-refractivity contribution is 7.80. The number of methoxy groups -OCH3 is 2. The van der Waals surface area contributed by atoms with Gasteiger partial charge in [-0.1, -0.05) is 12.1 Å². The summed E-state index contributed by atoms with van der Waals surface area (Å²) in [4.78, 5) is 10.7. The molecule has 0 spiro atoms. The smallest absolute Gasteiger partial charge is 0.272 e. The highest BCUT2D eigenvalue weighted by Gasteiger charge is 2.12. The summed E-state index contributed by atoms with van der Waals surface area (Å²) in [6.45, 7) is 3.43. The highest BCUT2D eigenvalue weighted by Crippen LogP contribution is 2.29. The number of nitro benzene ring substituents is 1. The highest BCUT2D eigenvalue weighted by atomic mass is 32.1. The van der Waals surface area contributed by atoms with Crippen molar-refractivity contribution in [2.45, 2.75) is 13.8 Å². The van der Waals surface area contributed by atoms with E-state index in [9.17, 15) is 10.1 Å². The summed E-state index contributed by atoms with van der Waals surface area (Å²) in [5.74, 6) is 1.17. The monoisotopic (exact) mass is 388 g/mol. The molecule has 2 rings (SSSR count). The minimum atomic E-state index is -0.414. The van der Waals surface area contributed by atoms with Gasteiger partial charge in [0, 0.05) is 28.9 Å². The van der Waals surface area contributed by atoms with Crippen molar-refractivity contribution in [3.05, 3.63) is 57.6 Å². The van der Waals surface area contributed by atoms with E-state index in [0.29, 0.717) is 34.0 Å². The Morgan fingerprint density at radius 1 is 1.15 bits per heavy atom. The van der Waals surface area contributed by atoms with Crippen LogP contribution in [0.2, 0.25) is 0 Å². The van der Waals surface area contributed by atoms with Crippen LogP contribution in [0.4, 0.5) is 11.4 Å². The van der Waals surface area contributed by atoms with Crippen molar-refractivity contribution in [3.63, 3.8) is 0 Å². The minimum Gasteiger partial charge on any atom is -0.493 e. The molecule has 0 amide bonds. The zero-order valence-electron chi connectivity index (χ0n) is 15.4. The molecule has 0 saturated carbocycles. The van der Waals surface area contributed by atoms with E-state index in [1.54, 1.807) is 58.4 Å². The Kier molecular flexibility index (Phi) is 6.67. The summed E-state index contributed by atoms with van der Waals surface area (Å²) >= 11 is 5.22. The van der Waals surface area contributed by atoms with Gasteiger partial charge in [0.2, 0.25) is 0 Å². The van der Waals surface area contributed by atoms with E-state index in [0.717, 1.165) is 0 Å². The van der Waals surface area contributed by atoms with Crippen LogP contribution in [0.15, 0.2) is 41.5 Å². The molecule has 0 fully saturated rings. The van der Waals surface area contributed by atoms with E-state index in [-0.39, 0.29) is 10.8 Å². The number of hydrogen-bond acceptors (Lipinski definition) is 6. The first-order chi connectivity index (χ1) is 12.8. The number of hydrogen-bond donors (Lipinski definition) is 2. The van der Waals surface area contributed by atoms with Gasteiger partial charge < -0.3 is 14.8 Å². The van der Waals surface area contributed by atoms with Crippen molar-refractivity contribution in [1.29, 1.82) is 0 Å². The quantitative estimate of drug-likeness (QED) is 0.337. The standard InChI is InChI=1S/C18H20N4O4S/c1-11-5-6-13(9-15(11)22(23)24)12(2)20-21-18(27)19-14-7-8-16(25-3)17(10-14)26-4/h5-10H,1-4H3,(H2,19,21,27). The molecule has 27 heavy (non-hydrogen) atoms. The van der Waals surface area contributed by atoms with Gasteiger partial charge in [0.15, 0.2) is 16.6 Å². The minimum absolute atomic E-state index is 0.0491. The lowest BCUT2D eigenvalue weighted by Crippen LogP contribution is -2.25. The third-order valence-corrected chi connectivity index (χ3v) is 3.98. The predicted molar refractivity (Wildman–Crippen MR) is 109 cm³/mol. The predicted octanol–water partition coefficient (Wildman–Crippen LogP) is 3.63. The molecular weight excluding hydrogens is 368 g/mol. The number of thiocarbonyl (C=S) groups is 1. The Bertz CT molecular complexity index is 899. The normalized spacial score (nSPS) is 10.9. The van der Waals surface area contributed by atoms with Gasteiger partial charge in [0.1, 0.15) is 0 Å². The van der Waals surface area contributed by atoms with Gasteiger partial charge in [0.05, 0.1) is 24.9 Å². The molecule has 8 nitrogen and oxygen atoms in total. The van der Waals surface area contributed by atoms with Crippen LogP contribution >= 0.6 is 12.2 Å². The van der Waals surface area contributed by atoms with E-state index in [2.05, 4.69) is 15.8 Å². The summed E-state index contributed by atoms with van der Waals surface area (Å²) in [6, 6.07) is 10.2. The van der Waals surface area contributed by atoms with Crippen molar-refractivity contribution < 1.29 is 14.4 Å². The number of nitrogens with zero attached hydrogens (tertiary/aromatic N) is 2. The fraction of sp³-hybridized carbons (Fsp3) is 0.222. The zero-order chi connectivity index (χ0) is 20.0. The van der Waals surface area contributed by atoms with E-state index >= 15 is 0 Å². The SMILES string of the molecule is COc1ccc(NC(=S)NN=C(C)c2ccc(C)c([N+](=O)[O-])c2)cc1OC. The number of rotatable bonds is 6. The third kappa shape index (κ3) is 5.14. The van der Waals surface area contributed by atoms with E-state index < -0.39 is 4.92 Å². The summed E-state index contributed by atoms with van der Waals surface area (Å²) in [7, 11) is 3.11. The maximum Gasteiger partial charge on any atom is 0.272 e. The number of hydrazone groups is 1. The van der Waals surface area contributed by atoms with E-state index in [1.807, 2.05) is 0 Å². The first kappa shape index (κ1) is 20.1. The number of anilines is 1. The molecule has 0 bridgehead atoms. The zero-order valence-corrected chi connectivity index (χ0v) is 16.2. The summed E-state index contributed by atoms with van der Waals surface area (Å²) in [6.07, 6.45) is 0. The molecule has 0 saturated heterocycles. The molecule has 0 aliphatic rings. The molecule has 2 aromatic carbocycles. The number of benzene rings is 2. The van der Waals surface area contributed by atoms with Gasteiger partial charge >= 0.3 is 0 Å². The van der Waals surface area contributed by atoms with Crippen LogP contribution < -0.4 is 20.2 Å². The van der Waals surface area contributed by atoms with E-state index in [1.165, 1.54) is 6.07 Å². The lowest BCUT2D eigenvalue weighted by atomic mass is 10.1. The second kappa shape index (κ2) is 8.95. The third-order valence-electron chi connectivity index (χ3n) is 3.79. The lowest BCUT2D eigenvalue weighted by Gasteiger charge is -2.12. The first-order valence-electron chi connectivity index (χ1n) is 7.94. The molecular formula is C18H20N4O4S. The Labute approximate surface area is 162 Å². The Hall–Kier alpha value is -3.20. The van der Waals surface area contributed by atoms with Crippen molar-refractivity contribution in [1.82, 2.24) is 5.43 Å². The average molecular weight is 388 g/mol. The molecule has 0 aliphatic carbocycles. The fourth-order valence-corrected chi connectivity index (χ4v) is 2.47. The van der Waals surface area contributed by atoms with Gasteiger partial charge in [0.25, 0.3) is 5.69 Å². The van der Waals surface area contributed by atoms with Gasteiger partial charge in [-0.2, -0.15) is 5.10 Å². The molecule has 0 unspecified atom stereocenters. The van der Waals surface area contributed by atoms with Gasteiger partial charge in [-0.25, -0.2) is 0 Å². The fourth-order valence-electron chi connectivity index (χ4n) is 2.30. The number of nitrogens with one attached hydrogen (secondary N) is 2. The number of nitro groups is 1. The molecule has 0 aliphatic heterocycles. The van der Waals surface area contributed by atoms with Crippen LogP contribution in [-0.2, 0) is 0 Å². The maximum absolute atomic E-state index is 11.1. The van der Waals surface area contributed by atoms with Gasteiger partial charge in [-0.3, -0.25) is 15.5 Å². The Balaban J connectivity index is 2.08. The summed E-state index contributed by atoms with van der Waals surface area (Å²) in [5.41, 5.74) is 5.26. The largest absolute Gasteiger partial charge is 0.493 e. The molecule has 9 heteroatoms. The lowest BCUT2D eigenvalue weighted by molar-refractivity contribution is -0.385. The van der Waals surface area contributed by atoms with Crippen molar-refractivity contribution >= 4 is 34.4 Å². The van der Waals surface area contributed by atoms with Crippen LogP contribution in [0.25, 0.3) is 0 Å². The second-order valence-electron chi connectivity index (χ2n) is 5.59. The molecule has 0 radical (unpaired) electrons. The van der Waals surface area contributed by atoms with Crippen LogP contribution in [0.5, 0.6) is 11.5 Å². The topological polar surface area (TPSA) is 98.0 Å².